The lowest BCUT2D eigenvalue weighted by Crippen LogP contribution is -2.41. The molecular formula is C11H23NO4S. The minimum absolute atomic E-state index is 0.0280. The van der Waals surface area contributed by atoms with E-state index in [0.29, 0.717) is 0 Å². The lowest BCUT2D eigenvalue weighted by Gasteiger charge is -2.21. The van der Waals surface area contributed by atoms with Gasteiger partial charge in [-0.15, -0.1) is 0 Å². The topological polar surface area (TPSA) is 72.5 Å². The molecule has 0 amide bonds. The van der Waals surface area contributed by atoms with Crippen molar-refractivity contribution >= 4 is 15.8 Å². The summed E-state index contributed by atoms with van der Waals surface area (Å²) in [6.07, 6.45) is 0.945. The van der Waals surface area contributed by atoms with Crippen molar-refractivity contribution in [2.24, 2.45) is 5.92 Å². The zero-order chi connectivity index (χ0) is 13.5. The van der Waals surface area contributed by atoms with E-state index in [1.165, 1.54) is 7.11 Å². The first-order chi connectivity index (χ1) is 7.82. The molecule has 0 fully saturated rings. The highest BCUT2D eigenvalue weighted by Gasteiger charge is 2.24. The number of sulfone groups is 1. The predicted molar refractivity (Wildman–Crippen MR) is 67.6 cm³/mol. The second-order valence-corrected chi connectivity index (χ2v) is 6.54. The standard InChI is InChI=1S/C11H23NO4S/c1-5-6-12-10(9(2)3)7-17(14,15)8-11(13)16-4/h9-10,12H,5-8H2,1-4H3. The quantitative estimate of drug-likeness (QED) is 0.651. The molecule has 0 radical (unpaired) electrons. The third-order valence-corrected chi connectivity index (χ3v) is 4.00. The molecule has 0 bridgehead atoms. The number of carbonyl (C=O) groups excluding carboxylic acids is 1. The van der Waals surface area contributed by atoms with E-state index in [-0.39, 0.29) is 17.7 Å². The number of methoxy groups -OCH3 is 1. The Labute approximate surface area is 104 Å². The molecule has 0 saturated heterocycles. The van der Waals surface area contributed by atoms with Crippen molar-refractivity contribution in [3.8, 4) is 0 Å². The second kappa shape index (κ2) is 7.66. The first-order valence-electron chi connectivity index (χ1n) is 5.83. The van der Waals surface area contributed by atoms with Crippen LogP contribution in [0.2, 0.25) is 0 Å². The monoisotopic (exact) mass is 265 g/mol. The first-order valence-corrected chi connectivity index (χ1v) is 7.65. The van der Waals surface area contributed by atoms with Crippen LogP contribution in [-0.2, 0) is 19.4 Å². The van der Waals surface area contributed by atoms with Crippen molar-refractivity contribution in [2.45, 2.75) is 33.2 Å². The highest BCUT2D eigenvalue weighted by atomic mass is 32.2. The van der Waals surface area contributed by atoms with Crippen LogP contribution in [0.1, 0.15) is 27.2 Å². The fourth-order valence-electron chi connectivity index (χ4n) is 1.39. The summed E-state index contributed by atoms with van der Waals surface area (Å²) in [6.45, 7) is 6.71. The molecule has 0 saturated carbocycles. The first kappa shape index (κ1) is 16.4. The number of nitrogens with one attached hydrogen (secondary N) is 1. The maximum atomic E-state index is 11.7. The van der Waals surface area contributed by atoms with Crippen molar-refractivity contribution < 1.29 is 17.9 Å². The highest BCUT2D eigenvalue weighted by Crippen LogP contribution is 2.06. The Morgan fingerprint density at radius 1 is 1.35 bits per heavy atom. The molecule has 5 nitrogen and oxygen atoms in total. The number of carbonyl (C=O) groups is 1. The van der Waals surface area contributed by atoms with Crippen LogP contribution >= 0.6 is 0 Å². The molecule has 0 aliphatic heterocycles. The van der Waals surface area contributed by atoms with E-state index < -0.39 is 21.6 Å². The fraction of sp³-hybridized carbons (Fsp3) is 0.909. The number of ether oxygens (including phenoxy) is 1. The molecule has 1 N–H and O–H groups in total. The number of rotatable bonds is 8. The maximum absolute atomic E-state index is 11.7. The van der Waals surface area contributed by atoms with Crippen LogP contribution in [0.15, 0.2) is 0 Å². The van der Waals surface area contributed by atoms with Gasteiger partial charge in [-0.05, 0) is 18.9 Å². The third-order valence-electron chi connectivity index (χ3n) is 2.46. The number of hydrogen-bond acceptors (Lipinski definition) is 5. The molecular weight excluding hydrogens is 242 g/mol. The van der Waals surface area contributed by atoms with Gasteiger partial charge in [0.25, 0.3) is 0 Å². The van der Waals surface area contributed by atoms with Gasteiger partial charge in [0.15, 0.2) is 9.84 Å². The molecule has 0 rings (SSSR count). The van der Waals surface area contributed by atoms with Gasteiger partial charge in [0, 0.05) is 6.04 Å². The maximum Gasteiger partial charge on any atom is 0.320 e. The van der Waals surface area contributed by atoms with E-state index in [1.807, 2.05) is 20.8 Å². The summed E-state index contributed by atoms with van der Waals surface area (Å²) >= 11 is 0. The molecule has 0 aromatic heterocycles. The Morgan fingerprint density at radius 2 is 1.94 bits per heavy atom. The molecule has 0 aromatic rings. The number of esters is 1. The summed E-state index contributed by atoms with van der Waals surface area (Å²) in [5, 5.41) is 3.18. The van der Waals surface area contributed by atoms with Crippen molar-refractivity contribution in [3.63, 3.8) is 0 Å². The van der Waals surface area contributed by atoms with Crippen molar-refractivity contribution in [3.05, 3.63) is 0 Å². The fourth-order valence-corrected chi connectivity index (χ4v) is 3.03. The van der Waals surface area contributed by atoms with E-state index in [9.17, 15) is 13.2 Å². The summed E-state index contributed by atoms with van der Waals surface area (Å²) in [5.41, 5.74) is 0. The lowest BCUT2D eigenvalue weighted by atomic mass is 10.1. The Balaban J connectivity index is 4.47. The van der Waals surface area contributed by atoms with E-state index in [2.05, 4.69) is 10.1 Å². The van der Waals surface area contributed by atoms with Crippen LogP contribution < -0.4 is 5.32 Å². The van der Waals surface area contributed by atoms with Gasteiger partial charge >= 0.3 is 5.97 Å². The van der Waals surface area contributed by atoms with Gasteiger partial charge < -0.3 is 10.1 Å². The van der Waals surface area contributed by atoms with Crippen LogP contribution in [0.5, 0.6) is 0 Å². The van der Waals surface area contributed by atoms with Gasteiger partial charge in [0.05, 0.1) is 12.9 Å². The van der Waals surface area contributed by atoms with Crippen LogP contribution in [0, 0.1) is 5.92 Å². The minimum Gasteiger partial charge on any atom is -0.468 e. The molecule has 0 aliphatic carbocycles. The van der Waals surface area contributed by atoms with Gasteiger partial charge in [-0.3, -0.25) is 4.79 Å². The molecule has 1 unspecified atom stereocenters. The zero-order valence-electron chi connectivity index (χ0n) is 11.0. The van der Waals surface area contributed by atoms with Crippen molar-refractivity contribution in [1.82, 2.24) is 5.32 Å². The highest BCUT2D eigenvalue weighted by molar-refractivity contribution is 7.92. The smallest absolute Gasteiger partial charge is 0.320 e. The van der Waals surface area contributed by atoms with Gasteiger partial charge in [-0.2, -0.15) is 0 Å². The van der Waals surface area contributed by atoms with E-state index in [0.717, 1.165) is 13.0 Å². The minimum atomic E-state index is -3.40. The van der Waals surface area contributed by atoms with Crippen LogP contribution in [0.3, 0.4) is 0 Å². The van der Waals surface area contributed by atoms with E-state index in [4.69, 9.17) is 0 Å². The molecule has 0 aromatic carbocycles. The predicted octanol–water partition coefficient (Wildman–Crippen LogP) is 0.598. The number of hydrogen-bond donors (Lipinski definition) is 1. The summed E-state index contributed by atoms with van der Waals surface area (Å²) < 4.78 is 27.8. The molecule has 102 valence electrons. The van der Waals surface area contributed by atoms with Gasteiger partial charge in [-0.25, -0.2) is 8.42 Å². The SMILES string of the molecule is CCCNC(CS(=O)(=O)CC(=O)OC)C(C)C. The van der Waals surface area contributed by atoms with Crippen molar-refractivity contribution in [2.75, 3.05) is 25.2 Å². The van der Waals surface area contributed by atoms with Gasteiger partial charge in [0.2, 0.25) is 0 Å². The Bertz CT molecular complexity index is 324. The third kappa shape index (κ3) is 7.33. The molecule has 0 heterocycles. The van der Waals surface area contributed by atoms with Gasteiger partial charge in [-0.1, -0.05) is 20.8 Å². The summed E-state index contributed by atoms with van der Waals surface area (Å²) in [4.78, 5) is 11.0. The van der Waals surface area contributed by atoms with Crippen LogP contribution in [-0.4, -0.2) is 45.6 Å². The average molecular weight is 265 g/mol. The van der Waals surface area contributed by atoms with E-state index in [1.54, 1.807) is 0 Å². The molecule has 0 spiro atoms. The lowest BCUT2D eigenvalue weighted by molar-refractivity contribution is -0.137. The molecule has 17 heavy (non-hydrogen) atoms. The molecule has 0 aliphatic rings. The molecule has 1 atom stereocenters. The summed E-state index contributed by atoms with van der Waals surface area (Å²) in [6, 6.07) is -0.121. The second-order valence-electron chi connectivity index (χ2n) is 4.44. The Morgan fingerprint density at radius 3 is 2.35 bits per heavy atom. The largest absolute Gasteiger partial charge is 0.468 e. The summed E-state index contributed by atoms with van der Waals surface area (Å²) in [7, 11) is -2.22. The Kier molecular flexibility index (Phi) is 7.38. The Hall–Kier alpha value is -0.620. The van der Waals surface area contributed by atoms with Crippen LogP contribution in [0.4, 0.5) is 0 Å². The molecule has 6 heteroatoms. The zero-order valence-corrected chi connectivity index (χ0v) is 11.8. The van der Waals surface area contributed by atoms with Crippen LogP contribution in [0.25, 0.3) is 0 Å². The van der Waals surface area contributed by atoms with Crippen molar-refractivity contribution in [1.29, 1.82) is 0 Å². The average Bonchev–Trinajstić information content (AvgIpc) is 2.22. The summed E-state index contributed by atoms with van der Waals surface area (Å²) in [5.74, 6) is -1.07. The van der Waals surface area contributed by atoms with E-state index >= 15 is 0 Å². The normalized spacial score (nSPS) is 13.7. The van der Waals surface area contributed by atoms with Gasteiger partial charge in [0.1, 0.15) is 5.75 Å².